The zero-order valence-electron chi connectivity index (χ0n) is 18.6. The first kappa shape index (κ1) is 26.9. The maximum atomic E-state index is 11.9. The Balaban J connectivity index is 2.08. The van der Waals surface area contributed by atoms with E-state index in [4.69, 9.17) is 14.6 Å². The van der Waals surface area contributed by atoms with Gasteiger partial charge in [-0.1, -0.05) is 63.3 Å². The lowest BCUT2D eigenvalue weighted by atomic mass is 10.1. The van der Waals surface area contributed by atoms with E-state index in [9.17, 15) is 19.8 Å². The van der Waals surface area contributed by atoms with E-state index < -0.39 is 42.3 Å². The zero-order chi connectivity index (χ0) is 22.9. The van der Waals surface area contributed by atoms with Gasteiger partial charge in [0.1, 0.15) is 6.10 Å². The summed E-state index contributed by atoms with van der Waals surface area (Å²) >= 11 is 0. The molecule has 176 valence electrons. The summed E-state index contributed by atoms with van der Waals surface area (Å²) < 4.78 is 9.72. The molecule has 2 atom stereocenters. The average molecular weight is 439 g/mol. The van der Waals surface area contributed by atoms with Gasteiger partial charge in [0.15, 0.2) is 6.10 Å². The molecule has 7 heteroatoms. The van der Waals surface area contributed by atoms with Gasteiger partial charge in [0, 0.05) is 6.42 Å². The van der Waals surface area contributed by atoms with Crippen LogP contribution >= 0.6 is 0 Å². The molecule has 0 aromatic carbocycles. The number of esters is 2. The Morgan fingerprint density at radius 1 is 1.03 bits per heavy atom. The lowest BCUT2D eigenvalue weighted by Gasteiger charge is -2.17. The third-order valence-corrected chi connectivity index (χ3v) is 5.01. The molecule has 0 aliphatic carbocycles. The Labute approximate surface area is 185 Å². The van der Waals surface area contributed by atoms with Crippen molar-refractivity contribution in [1.82, 2.24) is 0 Å². The van der Waals surface area contributed by atoms with E-state index in [1.54, 1.807) is 0 Å². The summed E-state index contributed by atoms with van der Waals surface area (Å²) in [6.45, 7) is 1.52. The molecule has 0 radical (unpaired) electrons. The number of ether oxygens (including phenoxy) is 2. The Morgan fingerprint density at radius 3 is 2.29 bits per heavy atom. The SMILES string of the molecule is CCCCC/C=C\C/C=C\CCCCCCCC(=O)OC1=C(O)C(=O)O[C@@H]1[C@@H](O)CO. The standard InChI is InChI=1S/C24H38O7/c1-2-3-4-5-6-7-8-9-10-11-12-13-14-15-16-17-20(27)30-23-21(28)24(29)31-22(23)19(26)18-25/h6-7,9-10,19,22,25-26,28H,2-5,8,11-18H2,1H3/b7-6-,10-9-/t19-,22+/m0/s1. The van der Waals surface area contributed by atoms with E-state index in [1.807, 2.05) is 0 Å². The summed E-state index contributed by atoms with van der Waals surface area (Å²) in [5.74, 6) is -2.97. The van der Waals surface area contributed by atoms with Crippen LogP contribution in [0.2, 0.25) is 0 Å². The smallest absolute Gasteiger partial charge is 0.378 e. The van der Waals surface area contributed by atoms with Crippen molar-refractivity contribution in [1.29, 1.82) is 0 Å². The first-order valence-electron chi connectivity index (χ1n) is 11.4. The molecule has 0 unspecified atom stereocenters. The minimum absolute atomic E-state index is 0.136. The molecular weight excluding hydrogens is 400 g/mol. The van der Waals surface area contributed by atoms with Crippen molar-refractivity contribution in [3.63, 3.8) is 0 Å². The fourth-order valence-corrected chi connectivity index (χ4v) is 3.17. The number of hydrogen-bond acceptors (Lipinski definition) is 7. The predicted molar refractivity (Wildman–Crippen MR) is 118 cm³/mol. The van der Waals surface area contributed by atoms with Gasteiger partial charge in [-0.15, -0.1) is 0 Å². The number of carbonyl (C=O) groups excluding carboxylic acids is 2. The molecule has 0 saturated carbocycles. The van der Waals surface area contributed by atoms with E-state index >= 15 is 0 Å². The van der Waals surface area contributed by atoms with Gasteiger partial charge in [0.05, 0.1) is 6.61 Å². The second-order valence-electron chi connectivity index (χ2n) is 7.74. The van der Waals surface area contributed by atoms with Crippen molar-refractivity contribution >= 4 is 11.9 Å². The van der Waals surface area contributed by atoms with Gasteiger partial charge >= 0.3 is 11.9 Å². The highest BCUT2D eigenvalue weighted by Crippen LogP contribution is 2.25. The molecule has 1 aliphatic rings. The highest BCUT2D eigenvalue weighted by Gasteiger charge is 2.41. The zero-order valence-corrected chi connectivity index (χ0v) is 18.6. The van der Waals surface area contributed by atoms with Crippen LogP contribution in [-0.4, -0.2) is 46.1 Å². The lowest BCUT2D eigenvalue weighted by Crippen LogP contribution is -2.33. The number of aliphatic hydroxyl groups excluding tert-OH is 3. The van der Waals surface area contributed by atoms with E-state index in [0.717, 1.165) is 38.5 Å². The maximum Gasteiger partial charge on any atom is 0.378 e. The van der Waals surface area contributed by atoms with Crippen LogP contribution in [0.4, 0.5) is 0 Å². The Hall–Kier alpha value is -2.12. The maximum absolute atomic E-state index is 11.9. The fraction of sp³-hybridized carbons (Fsp3) is 0.667. The van der Waals surface area contributed by atoms with E-state index in [2.05, 4.69) is 31.2 Å². The monoisotopic (exact) mass is 438 g/mol. The van der Waals surface area contributed by atoms with Gasteiger partial charge in [-0.2, -0.15) is 0 Å². The highest BCUT2D eigenvalue weighted by atomic mass is 16.6. The molecule has 0 fully saturated rings. The summed E-state index contributed by atoms with van der Waals surface area (Å²) in [6.07, 6.45) is 18.0. The van der Waals surface area contributed by atoms with E-state index in [1.165, 1.54) is 25.7 Å². The van der Waals surface area contributed by atoms with E-state index in [-0.39, 0.29) is 6.42 Å². The van der Waals surface area contributed by atoms with Gasteiger partial charge in [-0.25, -0.2) is 4.79 Å². The second kappa shape index (κ2) is 16.6. The van der Waals surface area contributed by atoms with Gasteiger partial charge < -0.3 is 24.8 Å². The van der Waals surface area contributed by atoms with Crippen molar-refractivity contribution in [3.8, 4) is 0 Å². The number of allylic oxidation sites excluding steroid dienone is 4. The Bertz CT molecular complexity index is 621. The number of hydrogen-bond donors (Lipinski definition) is 3. The lowest BCUT2D eigenvalue weighted by molar-refractivity contribution is -0.151. The van der Waals surface area contributed by atoms with Crippen molar-refractivity contribution in [2.75, 3.05) is 6.61 Å². The first-order chi connectivity index (χ1) is 15.0. The number of cyclic esters (lactones) is 1. The first-order valence-corrected chi connectivity index (χ1v) is 11.4. The predicted octanol–water partition coefficient (Wildman–Crippen LogP) is 4.39. The molecule has 0 aromatic rings. The molecular formula is C24H38O7. The molecule has 3 N–H and O–H groups in total. The van der Waals surface area contributed by atoms with Crippen molar-refractivity contribution in [2.45, 2.75) is 96.2 Å². The minimum atomic E-state index is -1.47. The third-order valence-electron chi connectivity index (χ3n) is 5.01. The van der Waals surface area contributed by atoms with Crippen LogP contribution in [0.1, 0.15) is 84.0 Å². The third kappa shape index (κ3) is 11.2. The number of rotatable bonds is 17. The molecule has 31 heavy (non-hydrogen) atoms. The van der Waals surface area contributed by atoms with Crippen LogP contribution in [-0.2, 0) is 19.1 Å². The van der Waals surface area contributed by atoms with Crippen LogP contribution in [0, 0.1) is 0 Å². The van der Waals surface area contributed by atoms with Crippen molar-refractivity contribution in [2.24, 2.45) is 0 Å². The molecule has 0 spiro atoms. The van der Waals surface area contributed by atoms with E-state index in [0.29, 0.717) is 6.42 Å². The largest absolute Gasteiger partial charge is 0.499 e. The van der Waals surface area contributed by atoms with Gasteiger partial charge in [0.25, 0.3) is 0 Å². The van der Waals surface area contributed by atoms with Gasteiger partial charge in [-0.3, -0.25) is 4.79 Å². The molecule has 0 aromatic heterocycles. The van der Waals surface area contributed by atoms with Crippen molar-refractivity contribution < 1.29 is 34.4 Å². The normalized spacial score (nSPS) is 17.6. The summed E-state index contributed by atoms with van der Waals surface area (Å²) in [7, 11) is 0. The van der Waals surface area contributed by atoms with Gasteiger partial charge in [-0.05, 0) is 38.5 Å². The van der Waals surface area contributed by atoms with Crippen molar-refractivity contribution in [3.05, 3.63) is 35.8 Å². The summed E-state index contributed by atoms with van der Waals surface area (Å²) in [5, 5.41) is 28.3. The summed E-state index contributed by atoms with van der Waals surface area (Å²) in [4.78, 5) is 23.3. The van der Waals surface area contributed by atoms with Crippen LogP contribution in [0.25, 0.3) is 0 Å². The molecule has 1 heterocycles. The summed E-state index contributed by atoms with van der Waals surface area (Å²) in [5.41, 5.74) is 0. The molecule has 1 rings (SSSR count). The molecule has 1 aliphatic heterocycles. The molecule has 0 amide bonds. The second-order valence-corrected chi connectivity index (χ2v) is 7.74. The molecule has 7 nitrogen and oxygen atoms in total. The van der Waals surface area contributed by atoms with Crippen LogP contribution in [0.3, 0.4) is 0 Å². The highest BCUT2D eigenvalue weighted by molar-refractivity contribution is 5.90. The molecule has 0 bridgehead atoms. The summed E-state index contributed by atoms with van der Waals surface area (Å²) in [6, 6.07) is 0. The van der Waals surface area contributed by atoms with Crippen LogP contribution in [0.15, 0.2) is 35.8 Å². The van der Waals surface area contributed by atoms with Gasteiger partial charge in [0.2, 0.25) is 11.5 Å². The number of carbonyl (C=O) groups is 2. The quantitative estimate of drug-likeness (QED) is 0.175. The number of unbranched alkanes of at least 4 members (excludes halogenated alkanes) is 8. The topological polar surface area (TPSA) is 113 Å². The van der Waals surface area contributed by atoms with Crippen LogP contribution < -0.4 is 0 Å². The minimum Gasteiger partial charge on any atom is -0.499 e. The fourth-order valence-electron chi connectivity index (χ4n) is 3.17. The molecule has 0 saturated heterocycles. The van der Waals surface area contributed by atoms with Crippen LogP contribution in [0.5, 0.6) is 0 Å². The average Bonchev–Trinajstić information content (AvgIpc) is 3.04. The Morgan fingerprint density at radius 2 is 1.65 bits per heavy atom. The Kier molecular flexibility index (Phi) is 14.4. The number of aliphatic hydroxyl groups is 3.